The summed E-state index contributed by atoms with van der Waals surface area (Å²) in [7, 11) is 0. The molecule has 3 nitrogen and oxygen atoms in total. The normalized spacial score (nSPS) is 9.78. The Kier molecular flexibility index (Phi) is 4.32. The summed E-state index contributed by atoms with van der Waals surface area (Å²) in [5.41, 5.74) is 2.45. The molecule has 1 aromatic heterocycles. The molecule has 90 valence electrons. The van der Waals surface area contributed by atoms with Gasteiger partial charge in [0.05, 0.1) is 0 Å². The molecule has 0 N–H and O–H groups in total. The summed E-state index contributed by atoms with van der Waals surface area (Å²) in [6.45, 7) is 0.432. The molecule has 2 rings (SSSR count). The molecule has 0 radical (unpaired) electrons. The minimum Gasteiger partial charge on any atom is -0.489 e. The van der Waals surface area contributed by atoms with Crippen LogP contribution >= 0.6 is 15.9 Å². The van der Waals surface area contributed by atoms with Crippen LogP contribution in [0, 0.1) is 11.3 Å². The van der Waals surface area contributed by atoms with Gasteiger partial charge in [0.15, 0.2) is 0 Å². The molecule has 0 spiro atoms. The van der Waals surface area contributed by atoms with Gasteiger partial charge in [-0.15, -0.1) is 0 Å². The van der Waals surface area contributed by atoms with E-state index in [1.54, 1.807) is 12.3 Å². The van der Waals surface area contributed by atoms with Crippen LogP contribution in [0.15, 0.2) is 42.6 Å². The van der Waals surface area contributed by atoms with Crippen LogP contribution in [0.25, 0.3) is 0 Å². The molecular weight excluding hydrogens is 292 g/mol. The monoisotopic (exact) mass is 302 g/mol. The summed E-state index contributed by atoms with van der Waals surface area (Å²) in [4.78, 5) is 3.92. The number of rotatable bonds is 4. The van der Waals surface area contributed by atoms with Crippen LogP contribution in [0.5, 0.6) is 5.75 Å². The van der Waals surface area contributed by atoms with Gasteiger partial charge in [-0.25, -0.2) is 4.98 Å². The van der Waals surface area contributed by atoms with Crippen LogP contribution in [0.3, 0.4) is 0 Å². The van der Waals surface area contributed by atoms with Crippen molar-refractivity contribution in [3.8, 4) is 11.8 Å². The molecule has 0 fully saturated rings. The molecule has 18 heavy (non-hydrogen) atoms. The summed E-state index contributed by atoms with van der Waals surface area (Å²) >= 11 is 3.42. The van der Waals surface area contributed by atoms with Crippen LogP contribution in [0.2, 0.25) is 0 Å². The predicted octanol–water partition coefficient (Wildman–Crippen LogP) is 3.43. The van der Waals surface area contributed by atoms with E-state index < -0.39 is 0 Å². The lowest BCUT2D eigenvalue weighted by Crippen LogP contribution is -1.98. The summed E-state index contributed by atoms with van der Waals surface area (Å²) in [6, 6.07) is 13.5. The number of hydrogen-bond acceptors (Lipinski definition) is 3. The van der Waals surface area contributed by atoms with Crippen LogP contribution < -0.4 is 4.74 Å². The van der Waals surface area contributed by atoms with E-state index in [-0.39, 0.29) is 0 Å². The largest absolute Gasteiger partial charge is 0.489 e. The number of aromatic nitrogens is 1. The topological polar surface area (TPSA) is 45.9 Å². The van der Waals surface area contributed by atoms with Crippen molar-refractivity contribution in [1.29, 1.82) is 5.26 Å². The van der Waals surface area contributed by atoms with E-state index in [1.807, 2.05) is 36.4 Å². The lowest BCUT2D eigenvalue weighted by Gasteiger charge is -2.09. The molecule has 0 aliphatic rings. The maximum Gasteiger partial charge on any atom is 0.140 e. The number of para-hydroxylation sites is 1. The first-order valence-corrected chi connectivity index (χ1v) is 6.57. The molecular formula is C14H11BrN2O. The Morgan fingerprint density at radius 2 is 2.11 bits per heavy atom. The van der Waals surface area contributed by atoms with Crippen molar-refractivity contribution in [3.63, 3.8) is 0 Å². The van der Waals surface area contributed by atoms with Gasteiger partial charge in [-0.2, -0.15) is 5.26 Å². The highest BCUT2D eigenvalue weighted by Crippen LogP contribution is 2.21. The van der Waals surface area contributed by atoms with E-state index in [1.165, 1.54) is 0 Å². The minimum atomic E-state index is 0.407. The number of pyridine rings is 1. The van der Waals surface area contributed by atoms with Gasteiger partial charge in [0.1, 0.15) is 24.1 Å². The Morgan fingerprint density at radius 3 is 2.89 bits per heavy atom. The third kappa shape index (κ3) is 3.08. The van der Waals surface area contributed by atoms with Crippen LogP contribution in [0.1, 0.15) is 16.8 Å². The van der Waals surface area contributed by atoms with Crippen LogP contribution in [0.4, 0.5) is 0 Å². The zero-order chi connectivity index (χ0) is 12.8. The SMILES string of the molecule is N#Cc1cc(COc2ccccc2CBr)ccn1. The van der Waals surface area contributed by atoms with E-state index in [0.717, 1.165) is 22.2 Å². The fraction of sp³-hybridized carbons (Fsp3) is 0.143. The van der Waals surface area contributed by atoms with Gasteiger partial charge in [0.25, 0.3) is 0 Å². The Labute approximate surface area is 114 Å². The quantitative estimate of drug-likeness (QED) is 0.813. The van der Waals surface area contributed by atoms with Crippen molar-refractivity contribution in [3.05, 3.63) is 59.4 Å². The zero-order valence-corrected chi connectivity index (χ0v) is 11.2. The second-order valence-electron chi connectivity index (χ2n) is 3.69. The summed E-state index contributed by atoms with van der Waals surface area (Å²) < 4.78 is 5.75. The highest BCUT2D eigenvalue weighted by atomic mass is 79.9. The predicted molar refractivity (Wildman–Crippen MR) is 72.4 cm³/mol. The smallest absolute Gasteiger partial charge is 0.140 e. The van der Waals surface area contributed by atoms with Crippen molar-refractivity contribution in [2.24, 2.45) is 0 Å². The average Bonchev–Trinajstić information content (AvgIpc) is 2.45. The highest BCUT2D eigenvalue weighted by Gasteiger charge is 2.02. The fourth-order valence-electron chi connectivity index (χ4n) is 1.54. The Balaban J connectivity index is 2.09. The number of nitriles is 1. The molecule has 0 unspecified atom stereocenters. The minimum absolute atomic E-state index is 0.407. The summed E-state index contributed by atoms with van der Waals surface area (Å²) in [5, 5.41) is 9.52. The maximum absolute atomic E-state index is 8.77. The van der Waals surface area contributed by atoms with Gasteiger partial charge >= 0.3 is 0 Å². The molecule has 1 aromatic carbocycles. The van der Waals surface area contributed by atoms with Gasteiger partial charge in [-0.05, 0) is 23.8 Å². The lowest BCUT2D eigenvalue weighted by atomic mass is 10.2. The maximum atomic E-state index is 8.77. The number of ether oxygens (including phenoxy) is 1. The van der Waals surface area contributed by atoms with Gasteiger partial charge in [-0.1, -0.05) is 34.1 Å². The Morgan fingerprint density at radius 1 is 1.28 bits per heavy atom. The highest BCUT2D eigenvalue weighted by molar-refractivity contribution is 9.08. The Bertz CT molecular complexity index is 578. The van der Waals surface area contributed by atoms with E-state index in [9.17, 15) is 0 Å². The molecule has 1 heterocycles. The molecule has 0 aliphatic heterocycles. The van der Waals surface area contributed by atoms with Crippen molar-refractivity contribution in [2.45, 2.75) is 11.9 Å². The van der Waals surface area contributed by atoms with Crippen molar-refractivity contribution in [2.75, 3.05) is 0 Å². The van der Waals surface area contributed by atoms with Crippen molar-refractivity contribution < 1.29 is 4.74 Å². The van der Waals surface area contributed by atoms with Gasteiger partial charge in [-0.3, -0.25) is 0 Å². The molecule has 0 bridgehead atoms. The van der Waals surface area contributed by atoms with E-state index >= 15 is 0 Å². The number of nitrogens with zero attached hydrogens (tertiary/aromatic N) is 2. The number of alkyl halides is 1. The number of halogens is 1. The first kappa shape index (κ1) is 12.6. The summed E-state index contributed by atoms with van der Waals surface area (Å²) in [5.74, 6) is 0.852. The van der Waals surface area contributed by atoms with E-state index in [0.29, 0.717) is 12.3 Å². The lowest BCUT2D eigenvalue weighted by molar-refractivity contribution is 0.304. The van der Waals surface area contributed by atoms with Crippen molar-refractivity contribution >= 4 is 15.9 Å². The average molecular weight is 303 g/mol. The second kappa shape index (κ2) is 6.18. The molecule has 0 amide bonds. The van der Waals surface area contributed by atoms with Gasteiger partial charge in [0, 0.05) is 17.1 Å². The third-order valence-electron chi connectivity index (χ3n) is 2.45. The first-order chi connectivity index (χ1) is 8.83. The van der Waals surface area contributed by atoms with E-state index in [4.69, 9.17) is 10.00 Å². The first-order valence-electron chi connectivity index (χ1n) is 5.45. The molecule has 2 aromatic rings. The molecule has 0 saturated heterocycles. The molecule has 0 saturated carbocycles. The number of hydrogen-bond donors (Lipinski definition) is 0. The standard InChI is InChI=1S/C14H11BrN2O/c15-8-12-3-1-2-4-14(12)18-10-11-5-6-17-13(7-11)9-16/h1-7H,8,10H2. The fourth-order valence-corrected chi connectivity index (χ4v) is 2.00. The van der Waals surface area contributed by atoms with Gasteiger partial charge < -0.3 is 4.74 Å². The van der Waals surface area contributed by atoms with Crippen LogP contribution in [-0.4, -0.2) is 4.98 Å². The summed E-state index contributed by atoms with van der Waals surface area (Å²) in [6.07, 6.45) is 1.62. The van der Waals surface area contributed by atoms with E-state index in [2.05, 4.69) is 20.9 Å². The van der Waals surface area contributed by atoms with Gasteiger partial charge in [0.2, 0.25) is 0 Å². The molecule has 0 atom stereocenters. The number of benzene rings is 1. The second-order valence-corrected chi connectivity index (χ2v) is 4.25. The van der Waals surface area contributed by atoms with Crippen molar-refractivity contribution in [1.82, 2.24) is 4.98 Å². The Hall–Kier alpha value is -1.86. The molecule has 0 aliphatic carbocycles. The third-order valence-corrected chi connectivity index (χ3v) is 3.05. The molecule has 4 heteroatoms. The van der Waals surface area contributed by atoms with Crippen LogP contribution in [-0.2, 0) is 11.9 Å². The zero-order valence-electron chi connectivity index (χ0n) is 9.64.